The van der Waals surface area contributed by atoms with Crippen LogP contribution in [0.25, 0.3) is 11.3 Å². The standard InChI is InChI=1S/C20H20ClN3OS/c1-12-17(21)5-4-6-18(12)24-20(25)13(2)22-16-9-7-15(8-10-16)19-11-26-14(3)23-19/h4-11,13,22H,1-3H3,(H,24,25)/t13-/m0/s1. The van der Waals surface area contributed by atoms with E-state index in [-0.39, 0.29) is 11.9 Å². The molecule has 0 saturated carbocycles. The van der Waals surface area contributed by atoms with Crippen LogP contribution in [0.5, 0.6) is 0 Å². The third-order valence-electron chi connectivity index (χ3n) is 4.10. The molecule has 134 valence electrons. The van der Waals surface area contributed by atoms with E-state index in [0.717, 1.165) is 33.2 Å². The number of nitrogens with one attached hydrogen (secondary N) is 2. The lowest BCUT2D eigenvalue weighted by Gasteiger charge is -2.17. The molecule has 0 radical (unpaired) electrons. The Morgan fingerprint density at radius 3 is 2.54 bits per heavy atom. The van der Waals surface area contributed by atoms with E-state index in [4.69, 9.17) is 11.6 Å². The van der Waals surface area contributed by atoms with Gasteiger partial charge >= 0.3 is 0 Å². The van der Waals surface area contributed by atoms with Crippen LogP contribution < -0.4 is 10.6 Å². The molecule has 1 atom stereocenters. The topological polar surface area (TPSA) is 54.0 Å². The minimum atomic E-state index is -0.388. The van der Waals surface area contributed by atoms with Gasteiger partial charge in [-0.2, -0.15) is 0 Å². The van der Waals surface area contributed by atoms with Gasteiger partial charge in [0.2, 0.25) is 5.91 Å². The average Bonchev–Trinajstić information content (AvgIpc) is 3.06. The predicted octanol–water partition coefficient (Wildman–Crippen LogP) is 5.52. The number of hydrogen-bond donors (Lipinski definition) is 2. The molecule has 0 saturated heterocycles. The lowest BCUT2D eigenvalue weighted by atomic mass is 10.1. The van der Waals surface area contributed by atoms with Crippen LogP contribution in [0, 0.1) is 13.8 Å². The molecule has 0 aliphatic rings. The van der Waals surface area contributed by atoms with E-state index in [2.05, 4.69) is 15.6 Å². The van der Waals surface area contributed by atoms with Crippen LogP contribution in [0.2, 0.25) is 5.02 Å². The third kappa shape index (κ3) is 4.23. The van der Waals surface area contributed by atoms with Gasteiger partial charge in [0.05, 0.1) is 10.7 Å². The predicted molar refractivity (Wildman–Crippen MR) is 110 cm³/mol. The molecule has 0 aliphatic carbocycles. The van der Waals surface area contributed by atoms with Crippen molar-refractivity contribution in [2.75, 3.05) is 10.6 Å². The van der Waals surface area contributed by atoms with Crippen molar-refractivity contribution in [3.05, 3.63) is 63.4 Å². The van der Waals surface area contributed by atoms with E-state index in [1.807, 2.05) is 62.5 Å². The summed E-state index contributed by atoms with van der Waals surface area (Å²) >= 11 is 7.73. The van der Waals surface area contributed by atoms with Crippen molar-refractivity contribution >= 4 is 40.2 Å². The molecule has 0 fully saturated rings. The fourth-order valence-corrected chi connectivity index (χ4v) is 3.33. The number of carbonyl (C=O) groups is 1. The van der Waals surface area contributed by atoms with Crippen LogP contribution in [-0.2, 0) is 4.79 Å². The Morgan fingerprint density at radius 1 is 1.15 bits per heavy atom. The Labute approximate surface area is 162 Å². The van der Waals surface area contributed by atoms with Gasteiger partial charge in [-0.05, 0) is 50.6 Å². The van der Waals surface area contributed by atoms with Crippen molar-refractivity contribution in [1.82, 2.24) is 4.98 Å². The first kappa shape index (κ1) is 18.4. The van der Waals surface area contributed by atoms with E-state index in [0.29, 0.717) is 5.02 Å². The molecule has 0 bridgehead atoms. The highest BCUT2D eigenvalue weighted by atomic mass is 35.5. The molecule has 2 aromatic carbocycles. The summed E-state index contributed by atoms with van der Waals surface area (Å²) in [6, 6.07) is 13.0. The van der Waals surface area contributed by atoms with Crippen LogP contribution in [0.4, 0.5) is 11.4 Å². The number of thiazole rings is 1. The quantitative estimate of drug-likeness (QED) is 0.608. The van der Waals surface area contributed by atoms with Crippen LogP contribution in [0.1, 0.15) is 17.5 Å². The largest absolute Gasteiger partial charge is 0.374 e. The first-order chi connectivity index (χ1) is 12.4. The maximum Gasteiger partial charge on any atom is 0.246 e. The fraction of sp³-hybridized carbons (Fsp3) is 0.200. The number of amides is 1. The number of aromatic nitrogens is 1. The molecule has 2 N–H and O–H groups in total. The number of benzene rings is 2. The lowest BCUT2D eigenvalue weighted by molar-refractivity contribution is -0.116. The maximum atomic E-state index is 12.4. The maximum absolute atomic E-state index is 12.4. The Bertz CT molecular complexity index is 921. The smallest absolute Gasteiger partial charge is 0.246 e. The van der Waals surface area contributed by atoms with Gasteiger partial charge in [-0.3, -0.25) is 4.79 Å². The van der Waals surface area contributed by atoms with Crippen LogP contribution >= 0.6 is 22.9 Å². The molecule has 1 amide bonds. The molecule has 4 nitrogen and oxygen atoms in total. The average molecular weight is 386 g/mol. The molecule has 3 rings (SSSR count). The van der Waals surface area contributed by atoms with Crippen LogP contribution in [0.3, 0.4) is 0 Å². The number of aryl methyl sites for hydroxylation is 1. The summed E-state index contributed by atoms with van der Waals surface area (Å²) in [6.45, 7) is 5.70. The van der Waals surface area contributed by atoms with Crippen molar-refractivity contribution in [1.29, 1.82) is 0 Å². The van der Waals surface area contributed by atoms with Gasteiger partial charge in [-0.15, -0.1) is 11.3 Å². The summed E-state index contributed by atoms with van der Waals surface area (Å²) in [7, 11) is 0. The molecule has 3 aromatic rings. The summed E-state index contributed by atoms with van der Waals surface area (Å²) in [5, 5.41) is 9.86. The van der Waals surface area contributed by atoms with E-state index < -0.39 is 0 Å². The Morgan fingerprint density at radius 2 is 1.88 bits per heavy atom. The van der Waals surface area contributed by atoms with Crippen molar-refractivity contribution in [2.45, 2.75) is 26.8 Å². The zero-order chi connectivity index (χ0) is 18.7. The number of hydrogen-bond acceptors (Lipinski definition) is 4. The highest BCUT2D eigenvalue weighted by Crippen LogP contribution is 2.24. The summed E-state index contributed by atoms with van der Waals surface area (Å²) in [5.41, 5.74) is 4.50. The fourth-order valence-electron chi connectivity index (χ4n) is 2.53. The zero-order valence-electron chi connectivity index (χ0n) is 14.8. The van der Waals surface area contributed by atoms with E-state index in [1.54, 1.807) is 17.4 Å². The molecular formula is C20H20ClN3OS. The summed E-state index contributed by atoms with van der Waals surface area (Å²) in [5.74, 6) is -0.116. The normalized spacial score (nSPS) is 11.8. The van der Waals surface area contributed by atoms with Gasteiger partial charge in [0.1, 0.15) is 6.04 Å². The second kappa shape index (κ2) is 7.89. The monoisotopic (exact) mass is 385 g/mol. The van der Waals surface area contributed by atoms with E-state index in [1.165, 1.54) is 0 Å². The van der Waals surface area contributed by atoms with Gasteiger partial charge in [0.15, 0.2) is 0 Å². The van der Waals surface area contributed by atoms with Crippen molar-refractivity contribution in [3.8, 4) is 11.3 Å². The van der Waals surface area contributed by atoms with Gasteiger partial charge in [-0.1, -0.05) is 29.8 Å². The number of rotatable bonds is 5. The van der Waals surface area contributed by atoms with Gasteiger partial charge in [0.25, 0.3) is 0 Å². The van der Waals surface area contributed by atoms with Crippen molar-refractivity contribution < 1.29 is 4.79 Å². The van der Waals surface area contributed by atoms with Gasteiger partial charge in [0, 0.05) is 27.3 Å². The molecular weight excluding hydrogens is 366 g/mol. The highest BCUT2D eigenvalue weighted by Gasteiger charge is 2.14. The molecule has 26 heavy (non-hydrogen) atoms. The molecule has 6 heteroatoms. The Kier molecular flexibility index (Phi) is 5.59. The number of carbonyl (C=O) groups excluding carboxylic acids is 1. The van der Waals surface area contributed by atoms with Crippen LogP contribution in [0.15, 0.2) is 47.8 Å². The highest BCUT2D eigenvalue weighted by molar-refractivity contribution is 7.09. The third-order valence-corrected chi connectivity index (χ3v) is 5.28. The Hall–Kier alpha value is -2.37. The second-order valence-corrected chi connectivity index (χ2v) is 7.57. The zero-order valence-corrected chi connectivity index (χ0v) is 16.4. The minimum absolute atomic E-state index is 0.116. The molecule has 1 aromatic heterocycles. The Balaban J connectivity index is 1.64. The summed E-state index contributed by atoms with van der Waals surface area (Å²) < 4.78 is 0. The van der Waals surface area contributed by atoms with Crippen molar-refractivity contribution in [2.24, 2.45) is 0 Å². The van der Waals surface area contributed by atoms with E-state index >= 15 is 0 Å². The number of halogens is 1. The second-order valence-electron chi connectivity index (χ2n) is 6.10. The molecule has 1 heterocycles. The van der Waals surface area contributed by atoms with Crippen molar-refractivity contribution in [3.63, 3.8) is 0 Å². The number of anilines is 2. The van der Waals surface area contributed by atoms with Crippen LogP contribution in [-0.4, -0.2) is 16.9 Å². The molecule has 0 spiro atoms. The molecule has 0 aliphatic heterocycles. The number of nitrogens with zero attached hydrogens (tertiary/aromatic N) is 1. The lowest BCUT2D eigenvalue weighted by Crippen LogP contribution is -2.32. The first-order valence-corrected chi connectivity index (χ1v) is 9.55. The summed E-state index contributed by atoms with van der Waals surface area (Å²) in [6.07, 6.45) is 0. The minimum Gasteiger partial charge on any atom is -0.374 e. The van der Waals surface area contributed by atoms with Gasteiger partial charge in [-0.25, -0.2) is 4.98 Å². The summed E-state index contributed by atoms with van der Waals surface area (Å²) in [4.78, 5) is 16.9. The SMILES string of the molecule is Cc1nc(-c2ccc(N[C@@H](C)C(=O)Nc3cccc(Cl)c3C)cc2)cs1. The van der Waals surface area contributed by atoms with E-state index in [9.17, 15) is 4.79 Å². The van der Waals surface area contributed by atoms with Gasteiger partial charge < -0.3 is 10.6 Å². The first-order valence-electron chi connectivity index (χ1n) is 8.29. The molecule has 0 unspecified atom stereocenters.